The Labute approximate surface area is 254 Å². The lowest BCUT2D eigenvalue weighted by Crippen LogP contribution is -2.32. The van der Waals surface area contributed by atoms with Crippen LogP contribution < -0.4 is 14.5 Å². The van der Waals surface area contributed by atoms with E-state index in [0.717, 1.165) is 12.8 Å². The van der Waals surface area contributed by atoms with Crippen LogP contribution in [0.15, 0.2) is 91.0 Å². The van der Waals surface area contributed by atoms with Crippen molar-refractivity contribution in [3.8, 4) is 5.75 Å². The summed E-state index contributed by atoms with van der Waals surface area (Å²) in [5, 5.41) is 0. The van der Waals surface area contributed by atoms with Gasteiger partial charge in [-0.05, 0) is 91.5 Å². The van der Waals surface area contributed by atoms with Crippen molar-refractivity contribution in [1.82, 2.24) is 0 Å². The number of hydrogen-bond acceptors (Lipinski definition) is 6. The molecular formula is C36H30N2O6. The van der Waals surface area contributed by atoms with Crippen molar-refractivity contribution in [3.63, 3.8) is 0 Å². The number of ether oxygens (including phenoxy) is 1. The summed E-state index contributed by atoms with van der Waals surface area (Å²) in [6, 6.07) is 22.8. The number of imide groups is 2. The molecule has 0 unspecified atom stereocenters. The summed E-state index contributed by atoms with van der Waals surface area (Å²) >= 11 is 0. The molecule has 8 heteroatoms. The highest BCUT2D eigenvalue weighted by Gasteiger charge is 2.59. The van der Waals surface area contributed by atoms with Crippen LogP contribution in [-0.4, -0.2) is 29.6 Å². The van der Waals surface area contributed by atoms with Gasteiger partial charge in [-0.1, -0.05) is 48.6 Å². The second-order valence-corrected chi connectivity index (χ2v) is 12.6. The molecule has 4 fully saturated rings. The third-order valence-electron chi connectivity index (χ3n) is 10.3. The summed E-state index contributed by atoms with van der Waals surface area (Å²) in [7, 11) is 0. The van der Waals surface area contributed by atoms with Crippen molar-refractivity contribution >= 4 is 41.0 Å². The highest BCUT2D eigenvalue weighted by molar-refractivity contribution is 6.23. The van der Waals surface area contributed by atoms with Gasteiger partial charge in [-0.3, -0.25) is 29.0 Å². The molecule has 2 aliphatic heterocycles. The molecule has 3 aromatic carbocycles. The molecule has 2 saturated carbocycles. The maximum absolute atomic E-state index is 13.5. The van der Waals surface area contributed by atoms with E-state index in [1.165, 1.54) is 21.4 Å². The number of fused-ring (bicyclic) bond motifs is 6. The molecular weight excluding hydrogens is 556 g/mol. The van der Waals surface area contributed by atoms with Gasteiger partial charge in [0, 0.05) is 0 Å². The lowest BCUT2D eigenvalue weighted by Gasteiger charge is -2.28. The smallest absolute Gasteiger partial charge is 0.343 e. The molecule has 7 atom stereocenters. The third kappa shape index (κ3) is 4.08. The van der Waals surface area contributed by atoms with Crippen LogP contribution in [0.1, 0.15) is 47.5 Å². The largest absolute Gasteiger partial charge is 0.423 e. The highest BCUT2D eigenvalue weighted by atomic mass is 16.5. The van der Waals surface area contributed by atoms with E-state index >= 15 is 0 Å². The number of nitrogens with zero attached hydrogens (tertiary/aromatic N) is 2. The van der Waals surface area contributed by atoms with Gasteiger partial charge in [-0.25, -0.2) is 4.79 Å². The first-order chi connectivity index (χ1) is 21.4. The molecule has 8 nitrogen and oxygen atoms in total. The van der Waals surface area contributed by atoms with E-state index in [0.29, 0.717) is 24.2 Å². The van der Waals surface area contributed by atoms with E-state index < -0.39 is 5.97 Å². The van der Waals surface area contributed by atoms with Gasteiger partial charge in [0.2, 0.25) is 23.6 Å². The van der Waals surface area contributed by atoms with Crippen LogP contribution in [0, 0.1) is 35.5 Å². The van der Waals surface area contributed by atoms with Crippen LogP contribution in [0.5, 0.6) is 5.75 Å². The molecule has 0 N–H and O–H groups in total. The minimum absolute atomic E-state index is 0.129. The molecule has 2 bridgehead atoms. The van der Waals surface area contributed by atoms with Crippen LogP contribution in [0.2, 0.25) is 0 Å². The lowest BCUT2D eigenvalue weighted by molar-refractivity contribution is -0.124. The van der Waals surface area contributed by atoms with Gasteiger partial charge < -0.3 is 4.74 Å². The molecule has 0 spiro atoms. The molecule has 3 aromatic rings. The van der Waals surface area contributed by atoms with Crippen molar-refractivity contribution in [1.29, 1.82) is 0 Å². The normalized spacial score (nSPS) is 30.2. The lowest BCUT2D eigenvalue weighted by atomic mass is 9.73. The van der Waals surface area contributed by atoms with Crippen LogP contribution in [0.4, 0.5) is 11.4 Å². The van der Waals surface area contributed by atoms with Gasteiger partial charge in [0.05, 0.1) is 40.6 Å². The van der Waals surface area contributed by atoms with E-state index in [1.807, 2.05) is 18.2 Å². The predicted octanol–water partition coefficient (Wildman–Crippen LogP) is 5.29. The Morgan fingerprint density at radius 2 is 1.30 bits per heavy atom. The van der Waals surface area contributed by atoms with Gasteiger partial charge in [-0.15, -0.1) is 0 Å². The highest BCUT2D eigenvalue weighted by Crippen LogP contribution is 2.53. The molecule has 8 rings (SSSR count). The van der Waals surface area contributed by atoms with Gasteiger partial charge >= 0.3 is 5.97 Å². The number of amides is 4. The number of carbonyl (C=O) groups is 5. The molecule has 2 saturated heterocycles. The second-order valence-electron chi connectivity index (χ2n) is 12.6. The topological polar surface area (TPSA) is 101 Å². The SMILES string of the molecule is O=C(Oc1ccc(N2C(=O)[C@@H]3[C@H](C2=O)[C@H]2C=C[C@H]3C2)cc1)c1cccc(N2C(=O)[C@@H]3CC[C@H](c4ccccc4)C[C@H]3C2=O)c1. The van der Waals surface area contributed by atoms with Gasteiger partial charge in [0.1, 0.15) is 5.75 Å². The third-order valence-corrected chi connectivity index (χ3v) is 10.3. The van der Waals surface area contributed by atoms with E-state index in [4.69, 9.17) is 4.74 Å². The predicted molar refractivity (Wildman–Crippen MR) is 161 cm³/mol. The first kappa shape index (κ1) is 26.8. The number of benzene rings is 3. The average Bonchev–Trinajstić information content (AvgIpc) is 3.80. The molecule has 2 heterocycles. The second kappa shape index (κ2) is 10.1. The fraction of sp³-hybridized carbons (Fsp3) is 0.306. The standard InChI is InChI=1S/C36H30N2O6/c39-32-28-16-11-21(20-5-2-1-3-6-20)19-29(28)33(40)38(32)26-8-4-7-24(18-26)36(43)44-27-14-12-25(13-15-27)37-34(41)30-22-9-10-23(17-22)31(30)35(37)42/h1-10,12-15,18,21-23,28-31H,11,16-17,19H2/t21-,22-,23-,28+,29+,30-,31+/m0/s1. The fourth-order valence-electron chi connectivity index (χ4n) is 8.22. The van der Waals surface area contributed by atoms with Gasteiger partial charge in [0.25, 0.3) is 0 Å². The zero-order valence-corrected chi connectivity index (χ0v) is 23.9. The van der Waals surface area contributed by atoms with Crippen molar-refractivity contribution < 1.29 is 28.7 Å². The van der Waals surface area contributed by atoms with Gasteiger partial charge in [-0.2, -0.15) is 0 Å². The Hall–Kier alpha value is -4.85. The summed E-state index contributed by atoms with van der Waals surface area (Å²) in [5.74, 6) is -1.98. The summed E-state index contributed by atoms with van der Waals surface area (Å²) in [6.07, 6.45) is 7.11. The molecule has 0 aromatic heterocycles. The van der Waals surface area contributed by atoms with E-state index in [1.54, 1.807) is 42.5 Å². The molecule has 5 aliphatic rings. The van der Waals surface area contributed by atoms with E-state index in [-0.39, 0.29) is 76.4 Å². The number of allylic oxidation sites excluding steroid dienone is 2. The van der Waals surface area contributed by atoms with Crippen LogP contribution in [-0.2, 0) is 19.2 Å². The van der Waals surface area contributed by atoms with Crippen molar-refractivity contribution in [3.05, 3.63) is 102 Å². The Bertz CT molecular complexity index is 1720. The number of hydrogen-bond donors (Lipinski definition) is 0. The zero-order chi connectivity index (χ0) is 30.1. The first-order valence-corrected chi connectivity index (χ1v) is 15.3. The van der Waals surface area contributed by atoms with Crippen molar-refractivity contribution in [2.75, 3.05) is 9.80 Å². The van der Waals surface area contributed by atoms with Crippen LogP contribution in [0.3, 0.4) is 0 Å². The van der Waals surface area contributed by atoms with E-state index in [9.17, 15) is 24.0 Å². The zero-order valence-electron chi connectivity index (χ0n) is 23.9. The maximum Gasteiger partial charge on any atom is 0.343 e. The Kier molecular flexibility index (Phi) is 6.15. The maximum atomic E-state index is 13.5. The number of anilines is 2. The first-order valence-electron chi connectivity index (χ1n) is 15.3. The molecule has 0 radical (unpaired) electrons. The molecule has 220 valence electrons. The number of rotatable bonds is 5. The fourth-order valence-corrected chi connectivity index (χ4v) is 8.22. The number of esters is 1. The monoisotopic (exact) mass is 586 g/mol. The quantitative estimate of drug-likeness (QED) is 0.174. The summed E-state index contributed by atoms with van der Waals surface area (Å²) in [5.41, 5.74) is 2.20. The molecule has 3 aliphatic carbocycles. The van der Waals surface area contributed by atoms with Gasteiger partial charge in [0.15, 0.2) is 0 Å². The van der Waals surface area contributed by atoms with E-state index in [2.05, 4.69) is 24.3 Å². The molecule has 4 amide bonds. The Morgan fingerprint density at radius 3 is 2.00 bits per heavy atom. The summed E-state index contributed by atoms with van der Waals surface area (Å²) < 4.78 is 5.59. The average molecular weight is 587 g/mol. The van der Waals surface area contributed by atoms with Crippen molar-refractivity contribution in [2.24, 2.45) is 35.5 Å². The number of carbonyl (C=O) groups excluding carboxylic acids is 5. The summed E-state index contributed by atoms with van der Waals surface area (Å²) in [4.78, 5) is 68.8. The molecule has 44 heavy (non-hydrogen) atoms. The minimum Gasteiger partial charge on any atom is -0.423 e. The van der Waals surface area contributed by atoms with Crippen LogP contribution in [0.25, 0.3) is 0 Å². The Balaban J connectivity index is 0.959. The Morgan fingerprint density at radius 1 is 0.636 bits per heavy atom. The van der Waals surface area contributed by atoms with Crippen molar-refractivity contribution in [2.45, 2.75) is 31.6 Å². The minimum atomic E-state index is -0.647. The van der Waals surface area contributed by atoms with Crippen LogP contribution >= 0.6 is 0 Å². The summed E-state index contributed by atoms with van der Waals surface area (Å²) in [6.45, 7) is 0.